The highest BCUT2D eigenvalue weighted by Gasteiger charge is 2.02. The summed E-state index contributed by atoms with van der Waals surface area (Å²) < 4.78 is 0. The topological polar surface area (TPSA) is 49.3 Å². The molecule has 1 unspecified atom stereocenters. The molecule has 0 aromatic carbocycles. The van der Waals surface area contributed by atoms with Crippen molar-refractivity contribution in [3.05, 3.63) is 0 Å². The fourth-order valence-electron chi connectivity index (χ4n) is 0.666. The number of amides is 1. The maximum Gasteiger partial charge on any atom is 0.229 e. The Kier molecular flexibility index (Phi) is 6.36. The third-order valence-corrected chi connectivity index (χ3v) is 1.70. The summed E-state index contributed by atoms with van der Waals surface area (Å²) in [7, 11) is 0. The second-order valence-corrected chi connectivity index (χ2v) is 2.90. The molecule has 0 spiro atoms. The molecule has 0 radical (unpaired) electrons. The minimum Gasteiger partial charge on any atom is -0.396 e. The molecule has 0 aromatic heterocycles. The zero-order chi connectivity index (χ0) is 8.69. The van der Waals surface area contributed by atoms with Crippen LogP contribution in [0.5, 0.6) is 0 Å². The van der Waals surface area contributed by atoms with Crippen LogP contribution in [-0.2, 0) is 4.79 Å². The van der Waals surface area contributed by atoms with E-state index in [0.29, 0.717) is 12.5 Å². The number of hydrogen-bond donors (Lipinski definition) is 3. The van der Waals surface area contributed by atoms with Crippen molar-refractivity contribution in [2.24, 2.45) is 5.92 Å². The fraction of sp³-hybridized carbons (Fsp3) is 0.857. The van der Waals surface area contributed by atoms with Gasteiger partial charge in [0.1, 0.15) is 0 Å². The lowest BCUT2D eigenvalue weighted by molar-refractivity contribution is -0.118. The molecule has 0 rings (SSSR count). The van der Waals surface area contributed by atoms with Crippen LogP contribution in [0.1, 0.15) is 13.3 Å². The first-order chi connectivity index (χ1) is 5.20. The average Bonchev–Trinajstić information content (AvgIpc) is 2.01. The van der Waals surface area contributed by atoms with Gasteiger partial charge in [-0.3, -0.25) is 4.79 Å². The van der Waals surface area contributed by atoms with Crippen LogP contribution in [0, 0.1) is 5.92 Å². The molecule has 0 saturated carbocycles. The van der Waals surface area contributed by atoms with Crippen LogP contribution in [-0.4, -0.2) is 29.9 Å². The van der Waals surface area contributed by atoms with Crippen molar-refractivity contribution in [1.29, 1.82) is 0 Å². The lowest BCUT2D eigenvalue weighted by atomic mass is 10.1. The van der Waals surface area contributed by atoms with E-state index in [1.807, 2.05) is 6.92 Å². The summed E-state index contributed by atoms with van der Waals surface area (Å²) in [5.74, 6) is 0.508. The van der Waals surface area contributed by atoms with Gasteiger partial charge in [-0.15, -0.1) is 0 Å². The van der Waals surface area contributed by atoms with Gasteiger partial charge >= 0.3 is 0 Å². The van der Waals surface area contributed by atoms with E-state index in [9.17, 15) is 4.79 Å². The van der Waals surface area contributed by atoms with Crippen LogP contribution in [0.3, 0.4) is 0 Å². The van der Waals surface area contributed by atoms with Gasteiger partial charge in [0.15, 0.2) is 0 Å². The molecule has 0 heterocycles. The number of nitrogens with one attached hydrogen (secondary N) is 1. The van der Waals surface area contributed by atoms with Crippen molar-refractivity contribution in [1.82, 2.24) is 5.32 Å². The first-order valence-corrected chi connectivity index (χ1v) is 4.32. The molecule has 0 saturated heterocycles. The molecule has 1 amide bonds. The van der Waals surface area contributed by atoms with E-state index in [0.717, 1.165) is 6.42 Å². The van der Waals surface area contributed by atoms with E-state index >= 15 is 0 Å². The normalized spacial score (nSPS) is 12.6. The number of carbonyl (C=O) groups is 1. The van der Waals surface area contributed by atoms with E-state index in [1.54, 1.807) is 0 Å². The van der Waals surface area contributed by atoms with Crippen molar-refractivity contribution in [2.75, 3.05) is 18.9 Å². The average molecular weight is 177 g/mol. The second kappa shape index (κ2) is 6.49. The zero-order valence-corrected chi connectivity index (χ0v) is 7.60. The molecular formula is C7H15NO2S. The van der Waals surface area contributed by atoms with Crippen LogP contribution in [0.15, 0.2) is 0 Å². The molecule has 0 aliphatic carbocycles. The van der Waals surface area contributed by atoms with Crippen LogP contribution in [0.2, 0.25) is 0 Å². The van der Waals surface area contributed by atoms with Crippen LogP contribution >= 0.6 is 12.6 Å². The van der Waals surface area contributed by atoms with Crippen LogP contribution < -0.4 is 5.32 Å². The quantitative estimate of drug-likeness (QED) is 0.520. The Morgan fingerprint density at radius 1 is 1.73 bits per heavy atom. The van der Waals surface area contributed by atoms with Crippen molar-refractivity contribution in [3.8, 4) is 0 Å². The van der Waals surface area contributed by atoms with Gasteiger partial charge in [0.25, 0.3) is 0 Å². The minimum absolute atomic E-state index is 0.0573. The Balaban J connectivity index is 3.29. The highest BCUT2D eigenvalue weighted by Crippen LogP contribution is 1.97. The number of aliphatic hydroxyl groups is 1. The van der Waals surface area contributed by atoms with Gasteiger partial charge in [0.2, 0.25) is 5.91 Å². The van der Waals surface area contributed by atoms with Crippen molar-refractivity contribution in [3.63, 3.8) is 0 Å². The summed E-state index contributed by atoms with van der Waals surface area (Å²) in [6, 6.07) is 0. The molecule has 0 aliphatic rings. The Morgan fingerprint density at radius 2 is 2.36 bits per heavy atom. The lowest BCUT2D eigenvalue weighted by Gasteiger charge is -2.09. The number of rotatable bonds is 5. The number of aliphatic hydroxyl groups excluding tert-OH is 1. The van der Waals surface area contributed by atoms with E-state index in [2.05, 4.69) is 17.9 Å². The van der Waals surface area contributed by atoms with Gasteiger partial charge in [-0.1, -0.05) is 6.92 Å². The lowest BCUT2D eigenvalue weighted by Crippen LogP contribution is -2.29. The van der Waals surface area contributed by atoms with Gasteiger partial charge in [0, 0.05) is 13.2 Å². The Morgan fingerprint density at radius 3 is 2.82 bits per heavy atom. The van der Waals surface area contributed by atoms with E-state index in [-0.39, 0.29) is 18.3 Å². The largest absolute Gasteiger partial charge is 0.396 e. The third-order valence-electron chi connectivity index (χ3n) is 1.41. The smallest absolute Gasteiger partial charge is 0.229 e. The maximum atomic E-state index is 10.7. The minimum atomic E-state index is -0.0573. The molecule has 2 N–H and O–H groups in total. The molecule has 0 aliphatic heterocycles. The summed E-state index contributed by atoms with van der Waals surface area (Å²) in [5.41, 5.74) is 0. The molecule has 0 fully saturated rings. The maximum absolute atomic E-state index is 10.7. The molecule has 11 heavy (non-hydrogen) atoms. The molecule has 3 nitrogen and oxygen atoms in total. The van der Waals surface area contributed by atoms with Crippen LogP contribution in [0.25, 0.3) is 0 Å². The van der Waals surface area contributed by atoms with E-state index < -0.39 is 0 Å². The Hall–Kier alpha value is -0.220. The SMILES string of the molecule is CC(CCO)CNC(=O)CS. The molecule has 1 atom stereocenters. The van der Waals surface area contributed by atoms with Gasteiger partial charge in [-0.2, -0.15) is 12.6 Å². The number of hydrogen-bond acceptors (Lipinski definition) is 3. The number of thiol groups is 1. The zero-order valence-electron chi connectivity index (χ0n) is 6.71. The summed E-state index contributed by atoms with van der Waals surface area (Å²) in [6.45, 7) is 2.78. The second-order valence-electron chi connectivity index (χ2n) is 2.58. The van der Waals surface area contributed by atoms with Crippen LogP contribution in [0.4, 0.5) is 0 Å². The highest BCUT2D eigenvalue weighted by atomic mass is 32.1. The highest BCUT2D eigenvalue weighted by molar-refractivity contribution is 7.81. The summed E-state index contributed by atoms with van der Waals surface area (Å²) in [5, 5.41) is 11.2. The predicted molar refractivity (Wildman–Crippen MR) is 47.7 cm³/mol. The van der Waals surface area contributed by atoms with E-state index in [4.69, 9.17) is 5.11 Å². The van der Waals surface area contributed by atoms with E-state index in [1.165, 1.54) is 0 Å². The van der Waals surface area contributed by atoms with Gasteiger partial charge in [-0.05, 0) is 12.3 Å². The van der Waals surface area contributed by atoms with Crippen molar-refractivity contribution < 1.29 is 9.90 Å². The molecule has 0 bridgehead atoms. The summed E-state index contributed by atoms with van der Waals surface area (Å²) in [6.07, 6.45) is 0.729. The van der Waals surface area contributed by atoms with Gasteiger partial charge in [-0.25, -0.2) is 0 Å². The predicted octanol–water partition coefficient (Wildman–Crippen LogP) is 0.0509. The standard InChI is InChI=1S/C7H15NO2S/c1-6(2-3-9)4-8-7(10)5-11/h6,9,11H,2-5H2,1H3,(H,8,10). The molecule has 4 heteroatoms. The third kappa shape index (κ3) is 6.19. The molecule has 0 aromatic rings. The van der Waals surface area contributed by atoms with Crippen molar-refractivity contribution >= 4 is 18.5 Å². The monoisotopic (exact) mass is 177 g/mol. The van der Waals surface area contributed by atoms with Crippen molar-refractivity contribution in [2.45, 2.75) is 13.3 Å². The van der Waals surface area contributed by atoms with Gasteiger partial charge in [0.05, 0.1) is 5.75 Å². The first kappa shape index (κ1) is 10.8. The summed E-state index contributed by atoms with van der Waals surface area (Å²) in [4.78, 5) is 10.7. The van der Waals surface area contributed by atoms with Gasteiger partial charge < -0.3 is 10.4 Å². The molecular weight excluding hydrogens is 162 g/mol. The Labute approximate surface area is 72.6 Å². The fourth-order valence-corrected chi connectivity index (χ4v) is 0.778. The molecule has 66 valence electrons. The number of carbonyl (C=O) groups excluding carboxylic acids is 1. The Bertz CT molecular complexity index is 119. The summed E-state index contributed by atoms with van der Waals surface area (Å²) >= 11 is 3.81. The first-order valence-electron chi connectivity index (χ1n) is 3.69.